The van der Waals surface area contributed by atoms with Gasteiger partial charge in [-0.2, -0.15) is 0 Å². The molecule has 0 bridgehead atoms. The molecule has 2 atom stereocenters. The number of benzene rings is 1. The second kappa shape index (κ2) is 5.69. The van der Waals surface area contributed by atoms with Crippen LogP contribution in [0.25, 0.3) is 0 Å². The standard InChI is InChI=1S/C14H19N3O4/c1-9-3-2-6-14(15,8-9)13(19)16-11-5-4-10(18)7-12(11)17(20)21/h4-5,7,9,18H,2-3,6,8,15H2,1H3,(H,16,19). The summed E-state index contributed by atoms with van der Waals surface area (Å²) in [5, 5.41) is 22.8. The predicted octanol–water partition coefficient (Wildman–Crippen LogP) is 2.15. The number of nitro benzene ring substituents is 1. The Bertz CT molecular complexity index is 575. The number of carbonyl (C=O) groups is 1. The van der Waals surface area contributed by atoms with Gasteiger partial charge < -0.3 is 16.2 Å². The number of aromatic hydroxyl groups is 1. The lowest BCUT2D eigenvalue weighted by molar-refractivity contribution is -0.384. The van der Waals surface area contributed by atoms with Gasteiger partial charge in [-0.3, -0.25) is 14.9 Å². The van der Waals surface area contributed by atoms with Crippen molar-refractivity contribution in [1.29, 1.82) is 0 Å². The van der Waals surface area contributed by atoms with E-state index in [0.29, 0.717) is 18.8 Å². The second-order valence-electron chi connectivity index (χ2n) is 5.77. The summed E-state index contributed by atoms with van der Waals surface area (Å²) < 4.78 is 0. The number of anilines is 1. The summed E-state index contributed by atoms with van der Waals surface area (Å²) in [5.41, 5.74) is 4.87. The normalized spacial score (nSPS) is 25.3. The lowest BCUT2D eigenvalue weighted by Crippen LogP contribution is -2.53. The molecule has 0 heterocycles. The summed E-state index contributed by atoms with van der Waals surface area (Å²) in [5.74, 6) is -0.291. The number of rotatable bonds is 3. The van der Waals surface area contributed by atoms with Crippen LogP contribution < -0.4 is 11.1 Å². The molecule has 1 aliphatic rings. The maximum Gasteiger partial charge on any atom is 0.296 e. The minimum Gasteiger partial charge on any atom is -0.508 e. The number of nitro groups is 1. The van der Waals surface area contributed by atoms with Crippen molar-refractivity contribution in [3.05, 3.63) is 28.3 Å². The van der Waals surface area contributed by atoms with Gasteiger partial charge >= 0.3 is 0 Å². The summed E-state index contributed by atoms with van der Waals surface area (Å²) >= 11 is 0. The van der Waals surface area contributed by atoms with E-state index in [-0.39, 0.29) is 17.1 Å². The van der Waals surface area contributed by atoms with E-state index in [9.17, 15) is 20.0 Å². The maximum atomic E-state index is 12.4. The van der Waals surface area contributed by atoms with E-state index < -0.39 is 16.4 Å². The molecule has 21 heavy (non-hydrogen) atoms. The fourth-order valence-corrected chi connectivity index (χ4v) is 2.82. The van der Waals surface area contributed by atoms with Gasteiger partial charge in [0.15, 0.2) is 0 Å². The molecule has 7 nitrogen and oxygen atoms in total. The highest BCUT2D eigenvalue weighted by atomic mass is 16.6. The van der Waals surface area contributed by atoms with Crippen molar-refractivity contribution in [3.8, 4) is 5.75 Å². The minimum atomic E-state index is -0.997. The summed E-state index contributed by atoms with van der Waals surface area (Å²) in [7, 11) is 0. The smallest absolute Gasteiger partial charge is 0.296 e. The van der Waals surface area contributed by atoms with Crippen LogP contribution in [-0.4, -0.2) is 21.5 Å². The molecular formula is C14H19N3O4. The van der Waals surface area contributed by atoms with Gasteiger partial charge in [0, 0.05) is 0 Å². The molecule has 1 amide bonds. The van der Waals surface area contributed by atoms with Crippen LogP contribution >= 0.6 is 0 Å². The molecular weight excluding hydrogens is 274 g/mol. The molecule has 0 spiro atoms. The molecule has 4 N–H and O–H groups in total. The predicted molar refractivity (Wildman–Crippen MR) is 77.9 cm³/mol. The number of phenols is 1. The van der Waals surface area contributed by atoms with Gasteiger partial charge in [0.05, 0.1) is 16.5 Å². The highest BCUT2D eigenvalue weighted by molar-refractivity contribution is 5.99. The first-order valence-corrected chi connectivity index (χ1v) is 6.89. The number of amides is 1. The lowest BCUT2D eigenvalue weighted by atomic mass is 9.76. The van der Waals surface area contributed by atoms with E-state index in [1.54, 1.807) is 0 Å². The van der Waals surface area contributed by atoms with E-state index >= 15 is 0 Å². The largest absolute Gasteiger partial charge is 0.508 e. The Morgan fingerprint density at radius 2 is 2.29 bits per heavy atom. The molecule has 2 rings (SSSR count). The molecule has 0 aliphatic heterocycles. The number of phenolic OH excluding ortho intramolecular Hbond substituents is 1. The fraction of sp³-hybridized carbons (Fsp3) is 0.500. The molecule has 1 aliphatic carbocycles. The highest BCUT2D eigenvalue weighted by Gasteiger charge is 2.38. The zero-order valence-corrected chi connectivity index (χ0v) is 11.8. The summed E-state index contributed by atoms with van der Waals surface area (Å²) in [6, 6.07) is 3.60. The number of nitrogens with zero attached hydrogens (tertiary/aromatic N) is 1. The second-order valence-corrected chi connectivity index (χ2v) is 5.77. The summed E-state index contributed by atoms with van der Waals surface area (Å²) in [6.07, 6.45) is 3.02. The van der Waals surface area contributed by atoms with E-state index in [1.807, 2.05) is 6.92 Å². The fourth-order valence-electron chi connectivity index (χ4n) is 2.82. The maximum absolute atomic E-state index is 12.4. The Morgan fingerprint density at radius 1 is 1.57 bits per heavy atom. The quantitative estimate of drug-likeness (QED) is 0.448. The molecule has 0 saturated heterocycles. The van der Waals surface area contributed by atoms with E-state index in [2.05, 4.69) is 5.32 Å². The van der Waals surface area contributed by atoms with Gasteiger partial charge in [0.25, 0.3) is 5.69 Å². The van der Waals surface area contributed by atoms with Gasteiger partial charge in [-0.15, -0.1) is 0 Å². The van der Waals surface area contributed by atoms with Crippen LogP contribution in [0.15, 0.2) is 18.2 Å². The molecule has 114 valence electrons. The third-order valence-electron chi connectivity index (χ3n) is 3.91. The minimum absolute atomic E-state index is 0.0471. The average Bonchev–Trinajstić information content (AvgIpc) is 2.40. The first-order valence-electron chi connectivity index (χ1n) is 6.89. The average molecular weight is 293 g/mol. The van der Waals surface area contributed by atoms with Crippen LogP contribution in [0.5, 0.6) is 5.75 Å². The molecule has 7 heteroatoms. The number of nitrogens with one attached hydrogen (secondary N) is 1. The lowest BCUT2D eigenvalue weighted by Gasteiger charge is -2.35. The first kappa shape index (κ1) is 15.2. The van der Waals surface area contributed by atoms with Gasteiger partial charge in [-0.05, 0) is 30.9 Å². The molecule has 1 fully saturated rings. The Kier molecular flexibility index (Phi) is 4.13. The number of hydrogen-bond acceptors (Lipinski definition) is 5. The van der Waals surface area contributed by atoms with Gasteiger partial charge in [-0.1, -0.05) is 19.8 Å². The Labute approximate surface area is 122 Å². The topological polar surface area (TPSA) is 118 Å². The molecule has 1 aromatic carbocycles. The Balaban J connectivity index is 2.21. The van der Waals surface area contributed by atoms with Crippen LogP contribution in [0.4, 0.5) is 11.4 Å². The monoisotopic (exact) mass is 293 g/mol. The first-order chi connectivity index (χ1) is 9.82. The number of carbonyl (C=O) groups excluding carboxylic acids is 1. The van der Waals surface area contributed by atoms with Gasteiger partial charge in [0.1, 0.15) is 11.4 Å². The Hall–Kier alpha value is -2.15. The zero-order chi connectivity index (χ0) is 15.6. The molecule has 2 unspecified atom stereocenters. The SMILES string of the molecule is CC1CCCC(N)(C(=O)Nc2ccc(O)cc2[N+](=O)[O-])C1. The molecule has 0 radical (unpaired) electrons. The van der Waals surface area contributed by atoms with E-state index in [1.165, 1.54) is 12.1 Å². The van der Waals surface area contributed by atoms with Crippen molar-refractivity contribution < 1.29 is 14.8 Å². The van der Waals surface area contributed by atoms with Crippen LogP contribution in [-0.2, 0) is 4.79 Å². The van der Waals surface area contributed by atoms with Crippen LogP contribution in [0.3, 0.4) is 0 Å². The highest BCUT2D eigenvalue weighted by Crippen LogP contribution is 2.33. The Morgan fingerprint density at radius 3 is 2.90 bits per heavy atom. The van der Waals surface area contributed by atoms with Crippen LogP contribution in [0.1, 0.15) is 32.6 Å². The van der Waals surface area contributed by atoms with E-state index in [4.69, 9.17) is 5.73 Å². The number of nitrogens with two attached hydrogens (primary N) is 1. The van der Waals surface area contributed by atoms with Crippen molar-refractivity contribution in [1.82, 2.24) is 0 Å². The van der Waals surface area contributed by atoms with Gasteiger partial charge in [-0.25, -0.2) is 0 Å². The van der Waals surface area contributed by atoms with Gasteiger partial charge in [0.2, 0.25) is 5.91 Å². The van der Waals surface area contributed by atoms with Crippen LogP contribution in [0, 0.1) is 16.0 Å². The van der Waals surface area contributed by atoms with Crippen molar-refractivity contribution >= 4 is 17.3 Å². The number of hydrogen-bond donors (Lipinski definition) is 3. The van der Waals surface area contributed by atoms with Crippen molar-refractivity contribution in [2.24, 2.45) is 11.7 Å². The van der Waals surface area contributed by atoms with Crippen LogP contribution in [0.2, 0.25) is 0 Å². The van der Waals surface area contributed by atoms with Crippen molar-refractivity contribution in [2.45, 2.75) is 38.1 Å². The summed E-state index contributed by atoms with van der Waals surface area (Å²) in [6.45, 7) is 2.04. The molecule has 0 aromatic heterocycles. The third-order valence-corrected chi connectivity index (χ3v) is 3.91. The molecule has 1 aromatic rings. The molecule has 1 saturated carbocycles. The van der Waals surface area contributed by atoms with E-state index in [0.717, 1.165) is 18.9 Å². The third kappa shape index (κ3) is 3.30. The summed E-state index contributed by atoms with van der Waals surface area (Å²) in [4.78, 5) is 22.7. The van der Waals surface area contributed by atoms with Crippen molar-refractivity contribution in [3.63, 3.8) is 0 Å². The van der Waals surface area contributed by atoms with Crippen molar-refractivity contribution in [2.75, 3.05) is 5.32 Å². The zero-order valence-electron chi connectivity index (χ0n) is 11.8.